The smallest absolute Gasteiger partial charge is 0.167 e. The standard InChI is InChI=1S/C14H21N5O2S/c1-7(2)3-4-8-10(20)11(22)14(21-8)19-6-18-9-12(15)16-5-17-13(9)19/h5-8,10-11,14,20,22H,3-4H2,1-2H3,(H2,15,16,17). The summed E-state index contributed by atoms with van der Waals surface area (Å²) in [4.78, 5) is 12.4. The van der Waals surface area contributed by atoms with Crippen LogP contribution in [0.1, 0.15) is 32.9 Å². The zero-order valence-electron chi connectivity index (χ0n) is 12.6. The molecule has 0 saturated carbocycles. The van der Waals surface area contributed by atoms with E-state index < -0.39 is 12.3 Å². The number of nitrogens with zero attached hydrogens (tertiary/aromatic N) is 4. The highest BCUT2D eigenvalue weighted by atomic mass is 32.1. The van der Waals surface area contributed by atoms with Crippen LogP contribution in [-0.2, 0) is 4.74 Å². The molecule has 1 fully saturated rings. The highest BCUT2D eigenvalue weighted by Gasteiger charge is 2.42. The zero-order valence-corrected chi connectivity index (χ0v) is 13.5. The van der Waals surface area contributed by atoms with Crippen LogP contribution in [0.4, 0.5) is 5.82 Å². The van der Waals surface area contributed by atoms with Gasteiger partial charge >= 0.3 is 0 Å². The minimum absolute atomic E-state index is 0.230. The number of fused-ring (bicyclic) bond motifs is 1. The Kier molecular flexibility index (Phi) is 4.24. The van der Waals surface area contributed by atoms with Crippen molar-refractivity contribution in [1.29, 1.82) is 0 Å². The maximum absolute atomic E-state index is 10.4. The van der Waals surface area contributed by atoms with Crippen LogP contribution in [0.25, 0.3) is 11.2 Å². The van der Waals surface area contributed by atoms with E-state index in [-0.39, 0.29) is 11.4 Å². The summed E-state index contributed by atoms with van der Waals surface area (Å²) < 4.78 is 7.79. The molecule has 3 rings (SSSR count). The van der Waals surface area contributed by atoms with E-state index in [1.165, 1.54) is 6.33 Å². The SMILES string of the molecule is CC(C)CCC1OC(n2cnc3c(N)ncnc32)C(S)C1O. The monoisotopic (exact) mass is 323 g/mol. The van der Waals surface area contributed by atoms with Crippen LogP contribution in [0.15, 0.2) is 12.7 Å². The molecule has 0 aliphatic carbocycles. The third-order valence-corrected chi connectivity index (χ3v) is 4.59. The van der Waals surface area contributed by atoms with Crippen LogP contribution in [0.5, 0.6) is 0 Å². The van der Waals surface area contributed by atoms with E-state index in [1.807, 2.05) is 0 Å². The van der Waals surface area contributed by atoms with Crippen LogP contribution >= 0.6 is 12.6 Å². The van der Waals surface area contributed by atoms with Gasteiger partial charge in [0.1, 0.15) is 11.8 Å². The van der Waals surface area contributed by atoms with Gasteiger partial charge in [-0.1, -0.05) is 13.8 Å². The summed E-state index contributed by atoms with van der Waals surface area (Å²) in [7, 11) is 0. The van der Waals surface area contributed by atoms with Crippen LogP contribution in [0.2, 0.25) is 0 Å². The van der Waals surface area contributed by atoms with Crippen LogP contribution in [0.3, 0.4) is 0 Å². The molecular formula is C14H21N5O2S. The van der Waals surface area contributed by atoms with Gasteiger partial charge in [0.05, 0.1) is 23.8 Å². The first kappa shape index (κ1) is 15.5. The van der Waals surface area contributed by atoms with Crippen molar-refractivity contribution >= 4 is 29.6 Å². The van der Waals surface area contributed by atoms with Crippen molar-refractivity contribution < 1.29 is 9.84 Å². The van der Waals surface area contributed by atoms with Gasteiger partial charge in [-0.2, -0.15) is 12.6 Å². The first-order valence-corrected chi connectivity index (χ1v) is 7.95. The zero-order chi connectivity index (χ0) is 15.9. The molecule has 120 valence electrons. The van der Waals surface area contributed by atoms with Crippen molar-refractivity contribution in [3.05, 3.63) is 12.7 Å². The van der Waals surface area contributed by atoms with Gasteiger partial charge in [0, 0.05) is 0 Å². The van der Waals surface area contributed by atoms with E-state index in [0.717, 1.165) is 12.8 Å². The summed E-state index contributed by atoms with van der Waals surface area (Å²) in [5.41, 5.74) is 6.93. The lowest BCUT2D eigenvalue weighted by molar-refractivity contribution is -0.0227. The lowest BCUT2D eigenvalue weighted by Crippen LogP contribution is -2.28. The molecule has 7 nitrogen and oxygen atoms in total. The van der Waals surface area contributed by atoms with Crippen molar-refractivity contribution in [1.82, 2.24) is 19.5 Å². The predicted molar refractivity (Wildman–Crippen MR) is 86.5 cm³/mol. The second kappa shape index (κ2) is 6.02. The van der Waals surface area contributed by atoms with E-state index in [2.05, 4.69) is 41.4 Å². The fourth-order valence-electron chi connectivity index (χ4n) is 2.75. The van der Waals surface area contributed by atoms with E-state index in [9.17, 15) is 5.11 Å². The third kappa shape index (κ3) is 2.66. The van der Waals surface area contributed by atoms with Crippen molar-refractivity contribution in [3.8, 4) is 0 Å². The molecule has 8 heteroatoms. The number of anilines is 1. The topological polar surface area (TPSA) is 99.1 Å². The first-order valence-electron chi connectivity index (χ1n) is 7.43. The Balaban J connectivity index is 1.86. The van der Waals surface area contributed by atoms with Gasteiger partial charge in [-0.05, 0) is 18.8 Å². The fraction of sp³-hybridized carbons (Fsp3) is 0.643. The maximum Gasteiger partial charge on any atom is 0.167 e. The van der Waals surface area contributed by atoms with Crippen molar-refractivity contribution in [2.24, 2.45) is 5.92 Å². The minimum Gasteiger partial charge on any atom is -0.389 e. The summed E-state index contributed by atoms with van der Waals surface area (Å²) in [6.45, 7) is 4.31. The lowest BCUT2D eigenvalue weighted by atomic mass is 10.0. The Hall–Kier alpha value is -1.38. The highest BCUT2D eigenvalue weighted by Crippen LogP contribution is 2.37. The van der Waals surface area contributed by atoms with Gasteiger partial charge < -0.3 is 15.6 Å². The van der Waals surface area contributed by atoms with Gasteiger partial charge in [-0.3, -0.25) is 4.57 Å². The molecule has 2 aromatic rings. The lowest BCUT2D eigenvalue weighted by Gasteiger charge is -2.17. The van der Waals surface area contributed by atoms with Gasteiger partial charge in [0.25, 0.3) is 0 Å². The summed E-state index contributed by atoms with van der Waals surface area (Å²) >= 11 is 4.53. The molecule has 4 unspecified atom stereocenters. The second-order valence-corrected chi connectivity index (χ2v) is 6.70. The summed E-state index contributed by atoms with van der Waals surface area (Å²) in [5, 5.41) is 10.0. The molecule has 1 aliphatic heterocycles. The predicted octanol–water partition coefficient (Wildman–Crippen LogP) is 1.40. The Morgan fingerprint density at radius 3 is 2.91 bits per heavy atom. The molecule has 0 amide bonds. The molecule has 2 aromatic heterocycles. The molecule has 0 spiro atoms. The van der Waals surface area contributed by atoms with Gasteiger partial charge in [0.2, 0.25) is 0 Å². The van der Waals surface area contributed by atoms with Gasteiger partial charge in [0.15, 0.2) is 17.7 Å². The Morgan fingerprint density at radius 1 is 1.41 bits per heavy atom. The summed E-state index contributed by atoms with van der Waals surface area (Å²) in [6, 6.07) is 0. The van der Waals surface area contributed by atoms with E-state index in [4.69, 9.17) is 10.5 Å². The first-order chi connectivity index (χ1) is 10.5. The molecule has 0 radical (unpaired) electrons. The quantitative estimate of drug-likeness (QED) is 0.736. The highest BCUT2D eigenvalue weighted by molar-refractivity contribution is 7.81. The van der Waals surface area contributed by atoms with Crippen molar-refractivity contribution in [2.45, 2.75) is 50.4 Å². The summed E-state index contributed by atoms with van der Waals surface area (Å²) in [5.74, 6) is 0.893. The number of hydrogen-bond acceptors (Lipinski definition) is 7. The number of hydrogen-bond donors (Lipinski definition) is 3. The Morgan fingerprint density at radius 2 is 2.18 bits per heavy atom. The van der Waals surface area contributed by atoms with Crippen molar-refractivity contribution in [3.63, 3.8) is 0 Å². The number of aliphatic hydroxyl groups is 1. The molecule has 1 aliphatic rings. The molecule has 1 saturated heterocycles. The Labute approximate surface area is 134 Å². The third-order valence-electron chi connectivity index (χ3n) is 4.03. The molecule has 0 bridgehead atoms. The molecule has 0 aromatic carbocycles. The number of aliphatic hydroxyl groups excluding tert-OH is 1. The van der Waals surface area contributed by atoms with Gasteiger partial charge in [-0.15, -0.1) is 0 Å². The maximum atomic E-state index is 10.4. The number of ether oxygens (including phenoxy) is 1. The average molecular weight is 323 g/mol. The second-order valence-electron chi connectivity index (χ2n) is 6.10. The van der Waals surface area contributed by atoms with E-state index in [1.54, 1.807) is 10.9 Å². The average Bonchev–Trinajstić information content (AvgIpc) is 3.01. The van der Waals surface area contributed by atoms with Crippen LogP contribution in [0, 0.1) is 5.92 Å². The number of imidazole rings is 1. The normalized spacial score (nSPS) is 28.8. The Bertz CT molecular complexity index is 662. The summed E-state index contributed by atoms with van der Waals surface area (Å²) in [6.07, 6.45) is 3.53. The van der Waals surface area contributed by atoms with E-state index in [0.29, 0.717) is 22.9 Å². The largest absolute Gasteiger partial charge is 0.389 e. The van der Waals surface area contributed by atoms with Crippen molar-refractivity contribution in [2.75, 3.05) is 5.73 Å². The molecule has 4 atom stereocenters. The van der Waals surface area contributed by atoms with E-state index >= 15 is 0 Å². The number of nitrogen functional groups attached to an aromatic ring is 1. The number of rotatable bonds is 4. The minimum atomic E-state index is -0.622. The molecular weight excluding hydrogens is 302 g/mol. The number of nitrogens with two attached hydrogens (primary N) is 1. The van der Waals surface area contributed by atoms with Gasteiger partial charge in [-0.25, -0.2) is 15.0 Å². The fourth-order valence-corrected chi connectivity index (χ4v) is 3.16. The molecule has 3 N–H and O–H groups in total. The van der Waals surface area contributed by atoms with Crippen LogP contribution in [-0.4, -0.2) is 42.1 Å². The number of aromatic nitrogens is 4. The van der Waals surface area contributed by atoms with Crippen LogP contribution < -0.4 is 5.73 Å². The molecule has 3 heterocycles. The number of thiol groups is 1. The molecule has 22 heavy (non-hydrogen) atoms.